The van der Waals surface area contributed by atoms with Gasteiger partial charge in [-0.2, -0.15) is 10.2 Å². The summed E-state index contributed by atoms with van der Waals surface area (Å²) >= 11 is 0. The third-order valence-corrected chi connectivity index (χ3v) is 7.38. The van der Waals surface area contributed by atoms with Gasteiger partial charge in [0.1, 0.15) is 11.5 Å². The van der Waals surface area contributed by atoms with E-state index in [2.05, 4.69) is 20.3 Å². The lowest BCUT2D eigenvalue weighted by atomic mass is 10.1. The molecule has 200 valence electrons. The van der Waals surface area contributed by atoms with Crippen molar-refractivity contribution in [3.8, 4) is 16.9 Å². The Morgan fingerprint density at radius 3 is 2.25 bits per heavy atom. The normalized spacial score (nSPS) is 11.4. The molecule has 4 aromatic carbocycles. The number of para-hydroxylation sites is 1. The topological polar surface area (TPSA) is 105 Å². The quantitative estimate of drug-likeness (QED) is 0.194. The summed E-state index contributed by atoms with van der Waals surface area (Å²) in [6.45, 7) is 1.87. The maximum absolute atomic E-state index is 13.5. The number of rotatable bonds is 8. The van der Waals surface area contributed by atoms with Gasteiger partial charge in [-0.15, -0.1) is 0 Å². The lowest BCUT2D eigenvalue weighted by Gasteiger charge is -2.09. The minimum atomic E-state index is -3.76. The monoisotopic (exact) mass is 553 g/mol. The maximum Gasteiger partial charge on any atom is 0.271 e. The average molecular weight is 554 g/mol. The van der Waals surface area contributed by atoms with Crippen LogP contribution in [-0.2, 0) is 10.0 Å². The summed E-state index contributed by atoms with van der Waals surface area (Å²) in [5.41, 5.74) is 6.72. The number of anilines is 1. The van der Waals surface area contributed by atoms with Crippen LogP contribution in [0.25, 0.3) is 16.9 Å². The first kappa shape index (κ1) is 26.5. The maximum atomic E-state index is 13.5. The molecule has 0 unspecified atom stereocenters. The number of carbonyl (C=O) groups excluding carboxylic acids is 1. The highest BCUT2D eigenvalue weighted by Gasteiger charge is 2.15. The van der Waals surface area contributed by atoms with Gasteiger partial charge in [0.05, 0.1) is 16.8 Å². The molecule has 1 amide bonds. The molecule has 0 radical (unpaired) electrons. The van der Waals surface area contributed by atoms with Crippen molar-refractivity contribution < 1.29 is 17.6 Å². The van der Waals surface area contributed by atoms with Crippen molar-refractivity contribution in [2.45, 2.75) is 11.8 Å². The van der Waals surface area contributed by atoms with Crippen LogP contribution >= 0.6 is 0 Å². The van der Waals surface area contributed by atoms with Crippen LogP contribution < -0.4 is 10.1 Å². The van der Waals surface area contributed by atoms with E-state index in [0.717, 1.165) is 11.3 Å². The SMILES string of the molecule is Cc1ccc(S(=O)(=O)Nc2ccc(C(=O)NN=Cc3cn(-c4ccccc4)nc3-c3ccc(F)cc3)cc2)cc1. The van der Waals surface area contributed by atoms with Gasteiger partial charge in [0, 0.05) is 28.6 Å². The summed E-state index contributed by atoms with van der Waals surface area (Å²) in [5, 5.41) is 8.73. The first-order valence-electron chi connectivity index (χ1n) is 12.2. The van der Waals surface area contributed by atoms with E-state index in [4.69, 9.17) is 0 Å². The summed E-state index contributed by atoms with van der Waals surface area (Å²) < 4.78 is 42.9. The van der Waals surface area contributed by atoms with Gasteiger partial charge < -0.3 is 0 Å². The van der Waals surface area contributed by atoms with Crippen LogP contribution in [0.5, 0.6) is 0 Å². The number of amides is 1. The lowest BCUT2D eigenvalue weighted by Crippen LogP contribution is -2.18. The standard InChI is InChI=1S/C30H24FN5O3S/c1-21-7-17-28(18-8-21)40(38,39)35-26-15-11-23(12-16-26)30(37)33-32-19-24-20-36(27-5-3-2-4-6-27)34-29(24)22-9-13-25(31)14-10-22/h2-20,35H,1H3,(H,33,37). The molecule has 8 nitrogen and oxygen atoms in total. The largest absolute Gasteiger partial charge is 0.280 e. The predicted molar refractivity (Wildman–Crippen MR) is 152 cm³/mol. The van der Waals surface area contributed by atoms with Gasteiger partial charge in [-0.25, -0.2) is 22.9 Å². The first-order valence-corrected chi connectivity index (χ1v) is 13.7. The molecule has 2 N–H and O–H groups in total. The third-order valence-electron chi connectivity index (χ3n) is 5.98. The molecule has 0 aliphatic heterocycles. The lowest BCUT2D eigenvalue weighted by molar-refractivity contribution is 0.0955. The van der Waals surface area contributed by atoms with Crippen LogP contribution in [0, 0.1) is 12.7 Å². The van der Waals surface area contributed by atoms with Gasteiger partial charge in [-0.1, -0.05) is 35.9 Å². The minimum Gasteiger partial charge on any atom is -0.280 e. The van der Waals surface area contributed by atoms with E-state index in [0.29, 0.717) is 22.5 Å². The number of sulfonamides is 1. The molecule has 0 aliphatic rings. The minimum absolute atomic E-state index is 0.143. The van der Waals surface area contributed by atoms with Crippen molar-refractivity contribution in [3.05, 3.63) is 132 Å². The molecule has 0 spiro atoms. The summed E-state index contributed by atoms with van der Waals surface area (Å²) in [7, 11) is -3.76. The second kappa shape index (κ2) is 11.3. The van der Waals surface area contributed by atoms with E-state index in [1.165, 1.54) is 54.7 Å². The molecule has 40 heavy (non-hydrogen) atoms. The molecule has 0 aliphatic carbocycles. The molecular formula is C30H24FN5O3S. The van der Waals surface area contributed by atoms with Crippen LogP contribution in [0.4, 0.5) is 10.1 Å². The molecule has 5 aromatic rings. The highest BCUT2D eigenvalue weighted by Crippen LogP contribution is 2.23. The molecule has 1 heterocycles. The molecule has 10 heteroatoms. The number of halogens is 1. The van der Waals surface area contributed by atoms with Gasteiger partial charge in [0.15, 0.2) is 0 Å². The van der Waals surface area contributed by atoms with Crippen molar-refractivity contribution in [3.63, 3.8) is 0 Å². The molecule has 0 fully saturated rings. The highest BCUT2D eigenvalue weighted by atomic mass is 32.2. The molecule has 0 saturated heterocycles. The van der Waals surface area contributed by atoms with Crippen LogP contribution in [0.1, 0.15) is 21.5 Å². The molecule has 0 atom stereocenters. The van der Waals surface area contributed by atoms with Crippen LogP contribution in [0.3, 0.4) is 0 Å². The fourth-order valence-electron chi connectivity index (χ4n) is 3.87. The van der Waals surface area contributed by atoms with E-state index >= 15 is 0 Å². The van der Waals surface area contributed by atoms with Crippen LogP contribution in [0.2, 0.25) is 0 Å². The Balaban J connectivity index is 1.30. The van der Waals surface area contributed by atoms with Crippen molar-refractivity contribution in [2.75, 3.05) is 4.72 Å². The zero-order valence-electron chi connectivity index (χ0n) is 21.3. The summed E-state index contributed by atoms with van der Waals surface area (Å²) in [4.78, 5) is 12.8. The van der Waals surface area contributed by atoms with Crippen molar-refractivity contribution >= 4 is 27.8 Å². The number of hydrogen-bond donors (Lipinski definition) is 2. The molecule has 5 rings (SSSR count). The second-order valence-electron chi connectivity index (χ2n) is 8.92. The smallest absolute Gasteiger partial charge is 0.271 e. The Labute approximate surface area is 230 Å². The van der Waals surface area contributed by atoms with Gasteiger partial charge in [0.2, 0.25) is 0 Å². The first-order chi connectivity index (χ1) is 19.3. The van der Waals surface area contributed by atoms with Gasteiger partial charge >= 0.3 is 0 Å². The van der Waals surface area contributed by atoms with Crippen molar-refractivity contribution in [1.82, 2.24) is 15.2 Å². The number of carbonyl (C=O) groups is 1. The average Bonchev–Trinajstić information content (AvgIpc) is 3.38. The Kier molecular flexibility index (Phi) is 7.52. The molecule has 0 saturated carbocycles. The van der Waals surface area contributed by atoms with Crippen LogP contribution in [0.15, 0.2) is 119 Å². The summed E-state index contributed by atoms with van der Waals surface area (Å²) in [6, 6.07) is 27.9. The number of hydrazone groups is 1. The van der Waals surface area contributed by atoms with Gasteiger partial charge in [0.25, 0.3) is 15.9 Å². The third kappa shape index (κ3) is 6.13. The highest BCUT2D eigenvalue weighted by molar-refractivity contribution is 7.92. The Hall–Kier alpha value is -5.09. The zero-order chi connectivity index (χ0) is 28.1. The zero-order valence-corrected chi connectivity index (χ0v) is 22.1. The van der Waals surface area contributed by atoms with E-state index < -0.39 is 15.9 Å². The molecule has 1 aromatic heterocycles. The van der Waals surface area contributed by atoms with Gasteiger partial charge in [-0.3, -0.25) is 9.52 Å². The molecule has 0 bridgehead atoms. The van der Waals surface area contributed by atoms with Gasteiger partial charge in [-0.05, 0) is 79.7 Å². The van der Waals surface area contributed by atoms with E-state index in [1.807, 2.05) is 37.3 Å². The summed E-state index contributed by atoms with van der Waals surface area (Å²) in [6.07, 6.45) is 3.23. The second-order valence-corrected chi connectivity index (χ2v) is 10.6. The number of nitrogens with one attached hydrogen (secondary N) is 2. The number of benzene rings is 4. The molecular weight excluding hydrogens is 529 g/mol. The number of aryl methyl sites for hydroxylation is 1. The van der Waals surface area contributed by atoms with Crippen molar-refractivity contribution in [1.29, 1.82) is 0 Å². The Morgan fingerprint density at radius 1 is 0.900 bits per heavy atom. The predicted octanol–water partition coefficient (Wildman–Crippen LogP) is 5.55. The number of hydrogen-bond acceptors (Lipinski definition) is 5. The Bertz CT molecular complexity index is 1770. The fourth-order valence-corrected chi connectivity index (χ4v) is 4.93. The fraction of sp³-hybridized carbons (Fsp3) is 0.0333. The van der Waals surface area contributed by atoms with E-state index in [-0.39, 0.29) is 16.3 Å². The van der Waals surface area contributed by atoms with Crippen LogP contribution in [-0.4, -0.2) is 30.3 Å². The number of aromatic nitrogens is 2. The number of nitrogens with zero attached hydrogens (tertiary/aromatic N) is 3. The summed E-state index contributed by atoms with van der Waals surface area (Å²) in [5.74, 6) is -0.842. The Morgan fingerprint density at radius 2 is 1.57 bits per heavy atom. The van der Waals surface area contributed by atoms with E-state index in [1.54, 1.807) is 35.1 Å². The van der Waals surface area contributed by atoms with E-state index in [9.17, 15) is 17.6 Å². The van der Waals surface area contributed by atoms with Crippen molar-refractivity contribution in [2.24, 2.45) is 5.10 Å².